The van der Waals surface area contributed by atoms with E-state index in [-0.39, 0.29) is 52.5 Å². The molecule has 15 nitrogen and oxygen atoms in total. The van der Waals surface area contributed by atoms with E-state index in [1.54, 1.807) is 12.1 Å². The number of hydrogen-bond acceptors (Lipinski definition) is 13. The van der Waals surface area contributed by atoms with Gasteiger partial charge in [0.15, 0.2) is 5.84 Å². The van der Waals surface area contributed by atoms with E-state index in [0.29, 0.717) is 28.1 Å². The maximum Gasteiger partial charge on any atom is 0.332 e. The van der Waals surface area contributed by atoms with E-state index in [0.717, 1.165) is 0 Å². The van der Waals surface area contributed by atoms with Gasteiger partial charge in [0.25, 0.3) is 11.8 Å². The van der Waals surface area contributed by atoms with Crippen LogP contribution in [0.3, 0.4) is 0 Å². The second kappa shape index (κ2) is 22.7. The van der Waals surface area contributed by atoms with Crippen LogP contribution < -0.4 is 5.73 Å². The molecule has 0 aliphatic heterocycles. The van der Waals surface area contributed by atoms with E-state index >= 15 is 0 Å². The molecule has 56 heavy (non-hydrogen) atoms. The second-order valence-electron chi connectivity index (χ2n) is 10.8. The SMILES string of the molecule is CC(=O)c1nc(-c2ccc(F)cc2)no1.CC(O)C(=O)O.CC(O)c1nc(-c2ccc(F)cc2)no1.N#Cc1ccc(F)cc1.NC(=NO)c1ccc(F)cc1. The van der Waals surface area contributed by atoms with Crippen molar-refractivity contribution in [3.63, 3.8) is 0 Å². The summed E-state index contributed by atoms with van der Waals surface area (Å²) in [6, 6.07) is 24.0. The minimum absolute atomic E-state index is 0.0231. The number of Topliss-reactive ketones (excluding diaryl/α,β-unsaturated/α-hetero) is 1. The molecule has 0 bridgehead atoms. The highest BCUT2D eigenvalue weighted by atomic mass is 19.1. The van der Waals surface area contributed by atoms with Crippen LogP contribution in [0.1, 0.15) is 54.6 Å². The number of aliphatic carboxylic acids is 1. The van der Waals surface area contributed by atoms with Crippen LogP contribution in [0.25, 0.3) is 22.8 Å². The minimum Gasteiger partial charge on any atom is -0.479 e. The number of benzene rings is 4. The molecular formula is C37H33F4N7O8. The number of nitrogens with zero attached hydrogens (tertiary/aromatic N) is 6. The monoisotopic (exact) mass is 779 g/mol. The number of carbonyl (C=O) groups excluding carboxylic acids is 1. The molecule has 0 aliphatic rings. The van der Waals surface area contributed by atoms with Gasteiger partial charge >= 0.3 is 5.97 Å². The Bertz CT molecular complexity index is 2190. The lowest BCUT2D eigenvalue weighted by Gasteiger charge is -1.95. The van der Waals surface area contributed by atoms with E-state index in [9.17, 15) is 32.3 Å². The quantitative estimate of drug-likeness (QED) is 0.0321. The molecule has 0 amide bonds. The average Bonchev–Trinajstić information content (AvgIpc) is 3.89. The number of carboxylic acids is 1. The highest BCUT2D eigenvalue weighted by Crippen LogP contribution is 2.19. The van der Waals surface area contributed by atoms with Gasteiger partial charge < -0.3 is 35.3 Å². The zero-order valence-electron chi connectivity index (χ0n) is 29.6. The Morgan fingerprint density at radius 2 is 1.12 bits per heavy atom. The molecule has 4 aromatic carbocycles. The normalized spacial score (nSPS) is 11.2. The van der Waals surface area contributed by atoms with Crippen molar-refractivity contribution in [1.29, 1.82) is 5.26 Å². The Balaban J connectivity index is 0.000000250. The third-order valence-electron chi connectivity index (χ3n) is 6.31. The van der Waals surface area contributed by atoms with Gasteiger partial charge in [-0.25, -0.2) is 22.4 Å². The molecule has 0 aliphatic carbocycles. The molecule has 2 atom stereocenters. The van der Waals surface area contributed by atoms with Crippen LogP contribution in [-0.4, -0.2) is 64.5 Å². The van der Waals surface area contributed by atoms with Gasteiger partial charge in [-0.05, 0) is 111 Å². The summed E-state index contributed by atoms with van der Waals surface area (Å²) in [4.78, 5) is 28.2. The first-order valence-electron chi connectivity index (χ1n) is 15.7. The largest absolute Gasteiger partial charge is 0.479 e. The lowest BCUT2D eigenvalue weighted by Crippen LogP contribution is -2.13. The number of hydrogen-bond donors (Lipinski definition) is 5. The predicted molar refractivity (Wildman–Crippen MR) is 189 cm³/mol. The first-order valence-corrected chi connectivity index (χ1v) is 15.7. The summed E-state index contributed by atoms with van der Waals surface area (Å²) in [6.45, 7) is 4.06. The summed E-state index contributed by atoms with van der Waals surface area (Å²) in [6.07, 6.45) is -2.03. The number of amidine groups is 1. The number of oxime groups is 1. The number of nitrogens with two attached hydrogens (primary N) is 1. The van der Waals surface area contributed by atoms with Gasteiger partial charge in [-0.2, -0.15) is 15.2 Å². The van der Waals surface area contributed by atoms with Crippen molar-refractivity contribution in [2.24, 2.45) is 10.9 Å². The van der Waals surface area contributed by atoms with Crippen LogP contribution in [0.4, 0.5) is 17.6 Å². The Labute approximate surface area is 315 Å². The highest BCUT2D eigenvalue weighted by molar-refractivity contribution is 5.96. The van der Waals surface area contributed by atoms with Crippen molar-refractivity contribution < 1.29 is 56.7 Å². The van der Waals surface area contributed by atoms with Gasteiger partial charge in [-0.1, -0.05) is 15.5 Å². The van der Waals surface area contributed by atoms with Gasteiger partial charge in [0.2, 0.25) is 17.4 Å². The lowest BCUT2D eigenvalue weighted by atomic mass is 10.2. The molecule has 0 radical (unpaired) electrons. The summed E-state index contributed by atoms with van der Waals surface area (Å²) in [5.74, 6) is -2.11. The van der Waals surface area contributed by atoms with Crippen molar-refractivity contribution in [1.82, 2.24) is 20.3 Å². The number of rotatable bonds is 6. The highest BCUT2D eigenvalue weighted by Gasteiger charge is 2.13. The van der Waals surface area contributed by atoms with Crippen LogP contribution in [0.2, 0.25) is 0 Å². The van der Waals surface area contributed by atoms with Gasteiger partial charge in [-0.3, -0.25) is 4.79 Å². The predicted octanol–water partition coefficient (Wildman–Crippen LogP) is 6.08. The zero-order chi connectivity index (χ0) is 41.8. The summed E-state index contributed by atoms with van der Waals surface area (Å²) in [5, 5.41) is 51.5. The van der Waals surface area contributed by atoms with Gasteiger partial charge in [0.05, 0.1) is 11.6 Å². The molecule has 0 saturated carbocycles. The minimum atomic E-state index is -1.23. The van der Waals surface area contributed by atoms with Crippen molar-refractivity contribution in [2.75, 3.05) is 0 Å². The standard InChI is InChI=1S/C10H9FN2O2.C10H7FN2O2.C7H7FN2O.C7H4FN.C3H6O3/c2*1-6(14)10-12-9(13-15-10)7-2-4-8(11)5-3-7;8-6-3-1-5(2-4-6)7(9)10-11;8-7-3-1-6(5-9)2-4-7;1-2(4)3(5)6/h2-6,14H,1H3;2-5H,1H3;1-4,11H,(H2,9,10);1-4H;2,4H,1H3,(H,5,6). The van der Waals surface area contributed by atoms with Gasteiger partial charge in [0.1, 0.15) is 35.5 Å². The van der Waals surface area contributed by atoms with E-state index in [1.165, 1.54) is 106 Å². The van der Waals surface area contributed by atoms with Gasteiger partial charge in [-0.15, -0.1) is 0 Å². The second-order valence-corrected chi connectivity index (χ2v) is 10.8. The molecule has 6 aromatic rings. The molecule has 292 valence electrons. The number of halogens is 4. The van der Waals surface area contributed by atoms with Crippen molar-refractivity contribution in [3.05, 3.63) is 143 Å². The summed E-state index contributed by atoms with van der Waals surface area (Å²) >= 11 is 0. The molecule has 19 heteroatoms. The fourth-order valence-corrected chi connectivity index (χ4v) is 3.41. The fraction of sp³-hybridized carbons (Fsp3) is 0.135. The van der Waals surface area contributed by atoms with Crippen LogP contribution in [-0.2, 0) is 4.79 Å². The zero-order valence-corrected chi connectivity index (χ0v) is 29.6. The van der Waals surface area contributed by atoms with Gasteiger partial charge in [0, 0.05) is 23.6 Å². The Kier molecular flexibility index (Phi) is 18.2. The first-order chi connectivity index (χ1) is 26.5. The first kappa shape index (κ1) is 44.9. The third-order valence-corrected chi connectivity index (χ3v) is 6.31. The van der Waals surface area contributed by atoms with E-state index in [2.05, 4.69) is 25.4 Å². The van der Waals surface area contributed by atoms with E-state index in [1.807, 2.05) is 6.07 Å². The van der Waals surface area contributed by atoms with Crippen LogP contribution in [0.15, 0.2) is 111 Å². The summed E-state index contributed by atoms with van der Waals surface area (Å²) in [5.41, 5.74) is 7.45. The van der Waals surface area contributed by atoms with Crippen LogP contribution >= 0.6 is 0 Å². The molecule has 2 unspecified atom stereocenters. The maximum atomic E-state index is 12.6. The lowest BCUT2D eigenvalue weighted by molar-refractivity contribution is -0.145. The number of aliphatic hydroxyl groups is 2. The number of ketones is 1. The number of aromatic nitrogens is 4. The summed E-state index contributed by atoms with van der Waals surface area (Å²) < 4.78 is 59.2. The Morgan fingerprint density at radius 3 is 1.46 bits per heavy atom. The average molecular weight is 780 g/mol. The number of carbonyl (C=O) groups is 2. The molecular weight excluding hydrogens is 746 g/mol. The Morgan fingerprint density at radius 1 is 0.732 bits per heavy atom. The molecule has 0 saturated heterocycles. The number of aliphatic hydroxyl groups excluding tert-OH is 2. The molecule has 2 aromatic heterocycles. The topological polar surface area (TPSA) is 255 Å². The van der Waals surface area contributed by atoms with Crippen LogP contribution in [0, 0.1) is 34.6 Å². The third kappa shape index (κ3) is 15.7. The number of nitriles is 1. The maximum absolute atomic E-state index is 12.6. The summed E-state index contributed by atoms with van der Waals surface area (Å²) in [7, 11) is 0. The fourth-order valence-electron chi connectivity index (χ4n) is 3.41. The molecule has 0 fully saturated rings. The van der Waals surface area contributed by atoms with Crippen molar-refractivity contribution in [2.45, 2.75) is 33.0 Å². The Hall–Kier alpha value is -7.30. The van der Waals surface area contributed by atoms with E-state index < -0.39 is 18.2 Å². The molecule has 6 N–H and O–H groups in total. The molecule has 6 rings (SSSR count). The van der Waals surface area contributed by atoms with E-state index in [4.69, 9.17) is 35.5 Å². The number of carboxylic acid groups (broad SMARTS) is 1. The molecule has 0 spiro atoms. The molecule has 2 heterocycles. The van der Waals surface area contributed by atoms with Crippen molar-refractivity contribution in [3.8, 4) is 28.8 Å². The van der Waals surface area contributed by atoms with Crippen molar-refractivity contribution >= 4 is 17.6 Å². The van der Waals surface area contributed by atoms with Crippen LogP contribution in [0.5, 0.6) is 0 Å². The smallest absolute Gasteiger partial charge is 0.332 e.